The van der Waals surface area contributed by atoms with E-state index in [4.69, 9.17) is 0 Å². The van der Waals surface area contributed by atoms with E-state index < -0.39 is 0 Å². The van der Waals surface area contributed by atoms with E-state index in [1.165, 1.54) is 0 Å². The number of hydrogen-bond acceptors (Lipinski definition) is 2. The standard InChI is InChI=1S/C12H21N3O/c1-6-14(7-2)12(16)11(5)15-8-13-9(3)10(15)4/h8,11H,6-7H2,1-5H3. The molecule has 0 radical (unpaired) electrons. The van der Waals surface area contributed by atoms with Crippen molar-refractivity contribution in [2.75, 3.05) is 13.1 Å². The molecule has 4 nitrogen and oxygen atoms in total. The van der Waals surface area contributed by atoms with Gasteiger partial charge in [-0.15, -0.1) is 0 Å². The molecule has 0 spiro atoms. The van der Waals surface area contributed by atoms with Crippen molar-refractivity contribution in [2.45, 2.75) is 40.7 Å². The lowest BCUT2D eigenvalue weighted by molar-refractivity contribution is -0.133. The largest absolute Gasteiger partial charge is 0.341 e. The van der Waals surface area contributed by atoms with E-state index in [2.05, 4.69) is 4.98 Å². The third-order valence-corrected chi connectivity index (χ3v) is 3.14. The van der Waals surface area contributed by atoms with Gasteiger partial charge in [0.1, 0.15) is 6.04 Å². The predicted octanol–water partition coefficient (Wildman–Crippen LogP) is 1.93. The lowest BCUT2D eigenvalue weighted by atomic mass is 10.2. The molecule has 90 valence electrons. The normalized spacial score (nSPS) is 12.6. The first-order valence-electron chi connectivity index (χ1n) is 5.81. The van der Waals surface area contributed by atoms with Gasteiger partial charge in [-0.25, -0.2) is 4.98 Å². The molecule has 1 unspecified atom stereocenters. The van der Waals surface area contributed by atoms with Crippen LogP contribution in [0.1, 0.15) is 38.2 Å². The van der Waals surface area contributed by atoms with Crippen molar-refractivity contribution in [3.63, 3.8) is 0 Å². The Kier molecular flexibility index (Phi) is 4.10. The average molecular weight is 223 g/mol. The van der Waals surface area contributed by atoms with Gasteiger partial charge in [0.05, 0.1) is 12.0 Å². The van der Waals surface area contributed by atoms with Crippen LogP contribution in [0.4, 0.5) is 0 Å². The maximum atomic E-state index is 12.1. The van der Waals surface area contributed by atoms with E-state index in [0.29, 0.717) is 0 Å². The Labute approximate surface area is 97.3 Å². The fourth-order valence-electron chi connectivity index (χ4n) is 1.82. The van der Waals surface area contributed by atoms with E-state index in [1.54, 1.807) is 6.33 Å². The Hall–Kier alpha value is -1.32. The second kappa shape index (κ2) is 5.14. The third-order valence-electron chi connectivity index (χ3n) is 3.14. The van der Waals surface area contributed by atoms with Crippen LogP contribution in [0.2, 0.25) is 0 Å². The summed E-state index contributed by atoms with van der Waals surface area (Å²) in [4.78, 5) is 18.2. The number of aryl methyl sites for hydroxylation is 1. The zero-order valence-electron chi connectivity index (χ0n) is 10.8. The minimum Gasteiger partial charge on any atom is -0.341 e. The summed E-state index contributed by atoms with van der Waals surface area (Å²) in [7, 11) is 0. The quantitative estimate of drug-likeness (QED) is 0.782. The van der Waals surface area contributed by atoms with Gasteiger partial charge in [-0.05, 0) is 34.6 Å². The zero-order chi connectivity index (χ0) is 12.3. The van der Waals surface area contributed by atoms with Crippen LogP contribution in [0.15, 0.2) is 6.33 Å². The van der Waals surface area contributed by atoms with Gasteiger partial charge in [-0.3, -0.25) is 4.79 Å². The van der Waals surface area contributed by atoms with Crippen LogP contribution in [0, 0.1) is 13.8 Å². The number of imidazole rings is 1. The topological polar surface area (TPSA) is 38.1 Å². The fraction of sp³-hybridized carbons (Fsp3) is 0.667. The second-order valence-corrected chi connectivity index (χ2v) is 4.01. The highest BCUT2D eigenvalue weighted by Gasteiger charge is 2.21. The Bertz CT molecular complexity index is 366. The highest BCUT2D eigenvalue weighted by Crippen LogP contribution is 2.15. The molecule has 0 fully saturated rings. The van der Waals surface area contributed by atoms with Gasteiger partial charge in [0, 0.05) is 18.8 Å². The van der Waals surface area contributed by atoms with Gasteiger partial charge in [0.25, 0.3) is 0 Å². The zero-order valence-corrected chi connectivity index (χ0v) is 10.8. The van der Waals surface area contributed by atoms with E-state index in [-0.39, 0.29) is 11.9 Å². The first-order chi connectivity index (χ1) is 7.52. The highest BCUT2D eigenvalue weighted by molar-refractivity contribution is 5.80. The summed E-state index contributed by atoms with van der Waals surface area (Å²) in [5.41, 5.74) is 2.05. The molecule has 16 heavy (non-hydrogen) atoms. The van der Waals surface area contributed by atoms with E-state index in [9.17, 15) is 4.79 Å². The molecule has 1 aromatic heterocycles. The highest BCUT2D eigenvalue weighted by atomic mass is 16.2. The maximum absolute atomic E-state index is 12.1. The van der Waals surface area contributed by atoms with Gasteiger partial charge in [-0.1, -0.05) is 0 Å². The van der Waals surface area contributed by atoms with Crippen molar-refractivity contribution < 1.29 is 4.79 Å². The molecule has 4 heteroatoms. The molecular formula is C12H21N3O. The van der Waals surface area contributed by atoms with Crippen LogP contribution in [0.3, 0.4) is 0 Å². The minimum absolute atomic E-state index is 0.158. The summed E-state index contributed by atoms with van der Waals surface area (Å²) in [5.74, 6) is 0.158. The van der Waals surface area contributed by atoms with Crippen molar-refractivity contribution in [3.05, 3.63) is 17.7 Å². The minimum atomic E-state index is -0.166. The molecule has 1 rings (SSSR count). The average Bonchev–Trinajstić information content (AvgIpc) is 2.60. The summed E-state index contributed by atoms with van der Waals surface area (Å²) in [6.45, 7) is 11.4. The molecule has 0 aliphatic rings. The molecule has 0 aromatic carbocycles. The fourth-order valence-corrected chi connectivity index (χ4v) is 1.82. The lowest BCUT2D eigenvalue weighted by Gasteiger charge is -2.24. The van der Waals surface area contributed by atoms with Crippen LogP contribution >= 0.6 is 0 Å². The van der Waals surface area contributed by atoms with E-state index in [0.717, 1.165) is 24.5 Å². The number of likely N-dealkylation sites (N-methyl/N-ethyl adjacent to an activating group) is 1. The molecule has 0 aliphatic carbocycles. The number of nitrogens with zero attached hydrogens (tertiary/aromatic N) is 3. The lowest BCUT2D eigenvalue weighted by Crippen LogP contribution is -2.36. The summed E-state index contributed by atoms with van der Waals surface area (Å²) >= 11 is 0. The van der Waals surface area contributed by atoms with Gasteiger partial charge < -0.3 is 9.47 Å². The van der Waals surface area contributed by atoms with E-state index in [1.807, 2.05) is 44.1 Å². The van der Waals surface area contributed by atoms with Crippen molar-refractivity contribution in [1.82, 2.24) is 14.5 Å². The first kappa shape index (κ1) is 12.7. The maximum Gasteiger partial charge on any atom is 0.245 e. The van der Waals surface area contributed by atoms with Crippen LogP contribution in [-0.2, 0) is 4.79 Å². The third kappa shape index (κ3) is 2.26. The van der Waals surface area contributed by atoms with Gasteiger partial charge in [0.15, 0.2) is 0 Å². The second-order valence-electron chi connectivity index (χ2n) is 4.01. The number of carbonyl (C=O) groups is 1. The van der Waals surface area contributed by atoms with Crippen LogP contribution in [0.5, 0.6) is 0 Å². The van der Waals surface area contributed by atoms with Crippen LogP contribution < -0.4 is 0 Å². The molecular weight excluding hydrogens is 202 g/mol. The van der Waals surface area contributed by atoms with Crippen molar-refractivity contribution in [1.29, 1.82) is 0 Å². The Morgan fingerprint density at radius 3 is 2.38 bits per heavy atom. The molecule has 1 atom stereocenters. The molecule has 1 aromatic rings. The molecule has 0 saturated heterocycles. The Morgan fingerprint density at radius 1 is 1.44 bits per heavy atom. The van der Waals surface area contributed by atoms with Gasteiger partial charge in [0.2, 0.25) is 5.91 Å². The number of carbonyl (C=O) groups excluding carboxylic acids is 1. The van der Waals surface area contributed by atoms with E-state index >= 15 is 0 Å². The number of rotatable bonds is 4. The molecule has 1 heterocycles. The Balaban J connectivity index is 2.89. The summed E-state index contributed by atoms with van der Waals surface area (Å²) < 4.78 is 1.94. The number of amides is 1. The van der Waals surface area contributed by atoms with Gasteiger partial charge in [-0.2, -0.15) is 0 Å². The molecule has 0 N–H and O–H groups in total. The first-order valence-corrected chi connectivity index (χ1v) is 5.81. The smallest absolute Gasteiger partial charge is 0.245 e. The predicted molar refractivity (Wildman–Crippen MR) is 64.3 cm³/mol. The Morgan fingerprint density at radius 2 is 2.00 bits per heavy atom. The monoisotopic (exact) mass is 223 g/mol. The molecule has 0 aliphatic heterocycles. The summed E-state index contributed by atoms with van der Waals surface area (Å²) in [6.07, 6.45) is 1.75. The summed E-state index contributed by atoms with van der Waals surface area (Å²) in [6, 6.07) is -0.166. The molecule has 0 saturated carbocycles. The van der Waals surface area contributed by atoms with Gasteiger partial charge >= 0.3 is 0 Å². The number of aromatic nitrogens is 2. The van der Waals surface area contributed by atoms with Crippen molar-refractivity contribution in [3.8, 4) is 0 Å². The van der Waals surface area contributed by atoms with Crippen molar-refractivity contribution in [2.24, 2.45) is 0 Å². The van der Waals surface area contributed by atoms with Crippen molar-refractivity contribution >= 4 is 5.91 Å². The number of hydrogen-bond donors (Lipinski definition) is 0. The van der Waals surface area contributed by atoms with Crippen LogP contribution in [-0.4, -0.2) is 33.4 Å². The summed E-state index contributed by atoms with van der Waals surface area (Å²) in [5, 5.41) is 0. The SMILES string of the molecule is CCN(CC)C(=O)C(C)n1cnc(C)c1C. The van der Waals surface area contributed by atoms with Crippen LogP contribution in [0.25, 0.3) is 0 Å². The molecule has 0 bridgehead atoms. The molecule has 1 amide bonds.